The molecule has 2 saturated heterocycles. The van der Waals surface area contributed by atoms with Crippen molar-refractivity contribution < 1.29 is 4.79 Å². The highest BCUT2D eigenvalue weighted by Crippen LogP contribution is 2.37. The molecule has 0 saturated carbocycles. The molecule has 0 spiro atoms. The smallest absolute Gasteiger partial charge is 0.226 e. The number of piperidine rings is 1. The highest BCUT2D eigenvalue weighted by atomic mass is 16.2. The highest BCUT2D eigenvalue weighted by molar-refractivity contribution is 5.87. The van der Waals surface area contributed by atoms with Crippen LogP contribution in [0.5, 0.6) is 0 Å². The van der Waals surface area contributed by atoms with Crippen LogP contribution in [-0.4, -0.2) is 41.9 Å². The van der Waals surface area contributed by atoms with Crippen molar-refractivity contribution in [3.63, 3.8) is 0 Å². The summed E-state index contributed by atoms with van der Waals surface area (Å²) in [6.07, 6.45) is 9.43. The summed E-state index contributed by atoms with van der Waals surface area (Å²) in [4.78, 5) is 17.7. The van der Waals surface area contributed by atoms with Crippen molar-refractivity contribution in [2.24, 2.45) is 5.92 Å². The molecule has 2 fully saturated rings. The minimum atomic E-state index is 0.152. The maximum Gasteiger partial charge on any atom is 0.226 e. The average molecular weight is 346 g/mol. The van der Waals surface area contributed by atoms with E-state index in [-0.39, 0.29) is 12.0 Å². The Labute approximate surface area is 156 Å². The first-order valence-electron chi connectivity index (χ1n) is 9.72. The quantitative estimate of drug-likeness (QED) is 0.788. The average Bonchev–Trinajstić information content (AvgIpc) is 3.17. The summed E-state index contributed by atoms with van der Waals surface area (Å²) in [5.74, 6) is 3.21. The largest absolute Gasteiger partial charge is 0.335 e. The summed E-state index contributed by atoms with van der Waals surface area (Å²) in [6.45, 7) is 3.46. The molecular formula is C23H26N2O. The molecule has 2 heterocycles. The van der Waals surface area contributed by atoms with Crippen LogP contribution in [0, 0.1) is 18.3 Å². The second-order valence-electron chi connectivity index (χ2n) is 7.51. The van der Waals surface area contributed by atoms with E-state index in [9.17, 15) is 4.79 Å². The number of benzene rings is 2. The number of carbonyl (C=O) groups is 1. The fraction of sp³-hybridized carbons (Fsp3) is 0.435. The van der Waals surface area contributed by atoms with E-state index >= 15 is 0 Å². The van der Waals surface area contributed by atoms with Crippen LogP contribution in [-0.2, 0) is 4.79 Å². The predicted octanol–water partition coefficient (Wildman–Crippen LogP) is 3.85. The zero-order valence-electron chi connectivity index (χ0n) is 15.2. The monoisotopic (exact) mass is 346 g/mol. The lowest BCUT2D eigenvalue weighted by Crippen LogP contribution is -2.42. The molecule has 2 aromatic rings. The summed E-state index contributed by atoms with van der Waals surface area (Å²) < 4.78 is 0. The van der Waals surface area contributed by atoms with Crippen molar-refractivity contribution in [2.45, 2.75) is 31.7 Å². The first-order valence-corrected chi connectivity index (χ1v) is 9.72. The van der Waals surface area contributed by atoms with Gasteiger partial charge in [-0.2, -0.15) is 0 Å². The van der Waals surface area contributed by atoms with Gasteiger partial charge in [-0.05, 0) is 55.1 Å². The zero-order valence-corrected chi connectivity index (χ0v) is 15.2. The Morgan fingerprint density at radius 3 is 2.62 bits per heavy atom. The molecule has 0 unspecified atom stereocenters. The van der Waals surface area contributed by atoms with Gasteiger partial charge in [0.15, 0.2) is 0 Å². The van der Waals surface area contributed by atoms with Gasteiger partial charge in [0.25, 0.3) is 0 Å². The molecule has 2 aromatic carbocycles. The van der Waals surface area contributed by atoms with Crippen molar-refractivity contribution in [3.05, 3.63) is 48.0 Å². The van der Waals surface area contributed by atoms with E-state index in [0.717, 1.165) is 45.3 Å². The number of amides is 1. The molecule has 4 rings (SSSR count). The van der Waals surface area contributed by atoms with Gasteiger partial charge in [-0.25, -0.2) is 0 Å². The lowest BCUT2D eigenvalue weighted by molar-refractivity contribution is -0.138. The lowest BCUT2D eigenvalue weighted by Gasteiger charge is -2.34. The van der Waals surface area contributed by atoms with Crippen molar-refractivity contribution in [1.29, 1.82) is 0 Å². The Hall–Kier alpha value is -2.31. The Kier molecular flexibility index (Phi) is 4.95. The van der Waals surface area contributed by atoms with E-state index in [1.165, 1.54) is 16.3 Å². The number of rotatable bonds is 3. The Balaban J connectivity index is 1.53. The van der Waals surface area contributed by atoms with Gasteiger partial charge < -0.3 is 4.90 Å². The molecule has 3 heteroatoms. The molecule has 1 amide bonds. The standard InChI is InChI=1S/C23H26N2O/c1-2-14-24-16-12-19(13-17-24)23(26)25-15-6-11-22(25)21-10-5-8-18-7-3-4-9-20(18)21/h1,3-5,7-10,19,22H,6,11-17H2/t22-/m0/s1. The van der Waals surface area contributed by atoms with Crippen LogP contribution in [0.2, 0.25) is 0 Å². The number of carbonyl (C=O) groups excluding carboxylic acids is 1. The summed E-state index contributed by atoms with van der Waals surface area (Å²) in [5, 5.41) is 2.54. The molecule has 134 valence electrons. The molecular weight excluding hydrogens is 320 g/mol. The Bertz CT molecular complexity index is 824. The fourth-order valence-corrected chi connectivity index (χ4v) is 4.60. The first-order chi connectivity index (χ1) is 12.8. The fourth-order valence-electron chi connectivity index (χ4n) is 4.60. The molecule has 0 aliphatic carbocycles. The maximum atomic E-state index is 13.3. The SMILES string of the molecule is C#CCN1CCC(C(=O)N2CCC[C@H]2c2cccc3ccccc23)CC1. The normalized spacial score (nSPS) is 21.8. The third-order valence-corrected chi connectivity index (χ3v) is 5.97. The zero-order chi connectivity index (χ0) is 17.9. The highest BCUT2D eigenvalue weighted by Gasteiger charge is 2.35. The van der Waals surface area contributed by atoms with E-state index in [4.69, 9.17) is 6.42 Å². The third-order valence-electron chi connectivity index (χ3n) is 5.97. The topological polar surface area (TPSA) is 23.6 Å². The molecule has 26 heavy (non-hydrogen) atoms. The van der Waals surface area contributed by atoms with Crippen molar-refractivity contribution >= 4 is 16.7 Å². The molecule has 2 aliphatic rings. The molecule has 0 aromatic heterocycles. The minimum absolute atomic E-state index is 0.152. The van der Waals surface area contributed by atoms with Crippen molar-refractivity contribution in [3.8, 4) is 12.3 Å². The van der Waals surface area contributed by atoms with Crippen LogP contribution in [0.25, 0.3) is 10.8 Å². The summed E-state index contributed by atoms with van der Waals surface area (Å²) in [6, 6.07) is 15.2. The lowest BCUT2D eigenvalue weighted by atomic mass is 9.93. The summed E-state index contributed by atoms with van der Waals surface area (Å²) in [7, 11) is 0. The Morgan fingerprint density at radius 2 is 1.81 bits per heavy atom. The van der Waals surface area contributed by atoms with Gasteiger partial charge in [0.1, 0.15) is 0 Å². The van der Waals surface area contributed by atoms with E-state index in [1.807, 2.05) is 0 Å². The van der Waals surface area contributed by atoms with Gasteiger partial charge >= 0.3 is 0 Å². The van der Waals surface area contributed by atoms with Crippen LogP contribution in [0.3, 0.4) is 0 Å². The van der Waals surface area contributed by atoms with Crippen LogP contribution in [0.4, 0.5) is 0 Å². The van der Waals surface area contributed by atoms with E-state index in [1.54, 1.807) is 0 Å². The molecule has 0 bridgehead atoms. The van der Waals surface area contributed by atoms with Gasteiger partial charge in [0.2, 0.25) is 5.91 Å². The van der Waals surface area contributed by atoms with Crippen LogP contribution >= 0.6 is 0 Å². The van der Waals surface area contributed by atoms with E-state index in [0.29, 0.717) is 12.5 Å². The number of nitrogens with zero attached hydrogens (tertiary/aromatic N) is 2. The number of likely N-dealkylation sites (tertiary alicyclic amines) is 2. The minimum Gasteiger partial charge on any atom is -0.335 e. The van der Waals surface area contributed by atoms with Gasteiger partial charge in [0.05, 0.1) is 12.6 Å². The van der Waals surface area contributed by atoms with Gasteiger partial charge in [0, 0.05) is 12.5 Å². The second kappa shape index (κ2) is 7.51. The van der Waals surface area contributed by atoms with E-state index in [2.05, 4.69) is 58.2 Å². The van der Waals surface area contributed by atoms with Gasteiger partial charge in [-0.15, -0.1) is 6.42 Å². The molecule has 3 nitrogen and oxygen atoms in total. The number of hydrogen-bond donors (Lipinski definition) is 0. The van der Waals surface area contributed by atoms with Crippen LogP contribution < -0.4 is 0 Å². The van der Waals surface area contributed by atoms with Gasteiger partial charge in [-0.1, -0.05) is 48.4 Å². The first kappa shape index (κ1) is 17.1. The van der Waals surface area contributed by atoms with Crippen molar-refractivity contribution in [2.75, 3.05) is 26.2 Å². The number of hydrogen-bond acceptors (Lipinski definition) is 2. The van der Waals surface area contributed by atoms with Crippen LogP contribution in [0.1, 0.15) is 37.3 Å². The van der Waals surface area contributed by atoms with Gasteiger partial charge in [-0.3, -0.25) is 9.69 Å². The summed E-state index contributed by atoms with van der Waals surface area (Å²) >= 11 is 0. The predicted molar refractivity (Wildman–Crippen MR) is 106 cm³/mol. The second-order valence-corrected chi connectivity index (χ2v) is 7.51. The molecule has 2 aliphatic heterocycles. The molecule has 0 radical (unpaired) electrons. The number of fused-ring (bicyclic) bond motifs is 1. The number of terminal acetylenes is 1. The van der Waals surface area contributed by atoms with Crippen molar-refractivity contribution in [1.82, 2.24) is 9.80 Å². The Morgan fingerprint density at radius 1 is 1.04 bits per heavy atom. The molecule has 1 atom stereocenters. The van der Waals surface area contributed by atoms with E-state index < -0.39 is 0 Å². The maximum absolute atomic E-state index is 13.3. The summed E-state index contributed by atoms with van der Waals surface area (Å²) in [5.41, 5.74) is 1.30. The van der Waals surface area contributed by atoms with Crippen LogP contribution in [0.15, 0.2) is 42.5 Å². The third kappa shape index (κ3) is 3.22. The molecule has 0 N–H and O–H groups in total.